The van der Waals surface area contributed by atoms with Crippen LogP contribution in [0.1, 0.15) is 5.56 Å². The maximum absolute atomic E-state index is 12.1. The van der Waals surface area contributed by atoms with Crippen LogP contribution in [0, 0.1) is 6.92 Å². The molecule has 4 aromatic rings. The van der Waals surface area contributed by atoms with Gasteiger partial charge in [-0.25, -0.2) is 9.97 Å². The average Bonchev–Trinajstić information content (AvgIpc) is 3.12. The predicted molar refractivity (Wildman–Crippen MR) is 104 cm³/mol. The zero-order chi connectivity index (χ0) is 18.6. The van der Waals surface area contributed by atoms with Crippen molar-refractivity contribution < 1.29 is 9.53 Å². The molecule has 0 unspecified atom stereocenters. The van der Waals surface area contributed by atoms with E-state index in [-0.39, 0.29) is 12.5 Å². The van der Waals surface area contributed by atoms with Gasteiger partial charge in [0.2, 0.25) is 5.78 Å². The molecule has 1 N–H and O–H groups in total. The van der Waals surface area contributed by atoms with E-state index >= 15 is 0 Å². The van der Waals surface area contributed by atoms with Gasteiger partial charge in [-0.05, 0) is 36.8 Å². The van der Waals surface area contributed by atoms with Crippen LogP contribution < -0.4 is 10.1 Å². The molecule has 1 amide bonds. The van der Waals surface area contributed by atoms with Crippen molar-refractivity contribution in [3.8, 4) is 17.0 Å². The number of nitrogens with zero attached hydrogens (tertiary/aromatic N) is 3. The van der Waals surface area contributed by atoms with Crippen LogP contribution in [-0.2, 0) is 4.79 Å². The fourth-order valence-corrected chi connectivity index (χ4v) is 2.75. The summed E-state index contributed by atoms with van der Waals surface area (Å²) >= 11 is 0. The van der Waals surface area contributed by atoms with Crippen LogP contribution in [0.25, 0.3) is 17.0 Å². The normalized spacial score (nSPS) is 10.7. The molecular weight excluding hydrogens is 340 g/mol. The molecule has 2 aromatic carbocycles. The first kappa shape index (κ1) is 16.8. The van der Waals surface area contributed by atoms with Crippen LogP contribution >= 0.6 is 0 Å². The summed E-state index contributed by atoms with van der Waals surface area (Å²) in [7, 11) is 0. The quantitative estimate of drug-likeness (QED) is 0.590. The van der Waals surface area contributed by atoms with Crippen LogP contribution in [0.2, 0.25) is 0 Å². The number of carbonyl (C=O) groups is 1. The Morgan fingerprint density at radius 1 is 1.11 bits per heavy atom. The molecule has 6 heteroatoms. The largest absolute Gasteiger partial charge is 0.483 e. The van der Waals surface area contributed by atoms with Crippen molar-refractivity contribution in [3.63, 3.8) is 0 Å². The number of aromatic nitrogens is 3. The van der Waals surface area contributed by atoms with Gasteiger partial charge in [-0.2, -0.15) is 0 Å². The summed E-state index contributed by atoms with van der Waals surface area (Å²) in [6.07, 6.45) is 5.54. The zero-order valence-corrected chi connectivity index (χ0v) is 14.8. The minimum Gasteiger partial charge on any atom is -0.483 e. The molecule has 0 saturated heterocycles. The maximum atomic E-state index is 12.1. The molecule has 0 radical (unpaired) electrons. The molecule has 27 heavy (non-hydrogen) atoms. The molecule has 0 aliphatic rings. The second-order valence-electron chi connectivity index (χ2n) is 6.13. The lowest BCUT2D eigenvalue weighted by atomic mass is 10.1. The van der Waals surface area contributed by atoms with Crippen LogP contribution in [0.3, 0.4) is 0 Å². The fourth-order valence-electron chi connectivity index (χ4n) is 2.75. The number of aryl methyl sites for hydroxylation is 1. The van der Waals surface area contributed by atoms with Crippen molar-refractivity contribution in [1.29, 1.82) is 0 Å². The molecular formula is C21H18N4O2. The summed E-state index contributed by atoms with van der Waals surface area (Å²) in [5, 5.41) is 2.83. The summed E-state index contributed by atoms with van der Waals surface area (Å²) in [5.41, 5.74) is 3.49. The molecule has 2 heterocycles. The number of benzene rings is 2. The molecule has 0 aliphatic heterocycles. The molecule has 0 atom stereocenters. The Kier molecular flexibility index (Phi) is 4.53. The highest BCUT2D eigenvalue weighted by atomic mass is 16.5. The van der Waals surface area contributed by atoms with E-state index in [0.29, 0.717) is 17.2 Å². The van der Waals surface area contributed by atoms with E-state index in [1.807, 2.05) is 78.3 Å². The molecule has 4 rings (SSSR count). The number of para-hydroxylation sites is 1. The third kappa shape index (κ3) is 3.79. The lowest BCUT2D eigenvalue weighted by Crippen LogP contribution is -2.20. The highest BCUT2D eigenvalue weighted by Gasteiger charge is 2.07. The number of anilines is 1. The Morgan fingerprint density at radius 2 is 1.93 bits per heavy atom. The number of imidazole rings is 1. The van der Waals surface area contributed by atoms with Gasteiger partial charge in [-0.15, -0.1) is 0 Å². The van der Waals surface area contributed by atoms with Gasteiger partial charge in [0.25, 0.3) is 5.91 Å². The third-order valence-electron chi connectivity index (χ3n) is 4.15. The van der Waals surface area contributed by atoms with Gasteiger partial charge in [-0.1, -0.05) is 30.3 Å². The number of fused-ring (bicyclic) bond motifs is 1. The Labute approximate surface area is 156 Å². The molecule has 0 bridgehead atoms. The second kappa shape index (κ2) is 7.29. The Hall–Kier alpha value is -3.67. The maximum Gasteiger partial charge on any atom is 0.262 e. The number of ether oxygens (including phenoxy) is 1. The van der Waals surface area contributed by atoms with Crippen LogP contribution in [0.4, 0.5) is 5.69 Å². The molecule has 0 fully saturated rings. The standard InChI is InChI=1S/C21H18N4O2/c1-15-5-2-3-6-19(15)27-14-20(26)23-17-9-7-16(8-10-17)18-13-25-12-4-11-22-21(25)24-18/h2-13H,14H2,1H3,(H,23,26). The lowest BCUT2D eigenvalue weighted by molar-refractivity contribution is -0.118. The van der Waals surface area contributed by atoms with Crippen LogP contribution in [0.5, 0.6) is 5.75 Å². The molecule has 2 aromatic heterocycles. The van der Waals surface area contributed by atoms with E-state index in [4.69, 9.17) is 4.74 Å². The zero-order valence-electron chi connectivity index (χ0n) is 14.8. The fraction of sp³-hybridized carbons (Fsp3) is 0.0952. The van der Waals surface area contributed by atoms with Crippen LogP contribution in [0.15, 0.2) is 73.2 Å². The number of hydrogen-bond acceptors (Lipinski definition) is 4. The highest BCUT2D eigenvalue weighted by molar-refractivity contribution is 5.92. The smallest absolute Gasteiger partial charge is 0.262 e. The minimum atomic E-state index is -0.206. The summed E-state index contributed by atoms with van der Waals surface area (Å²) < 4.78 is 7.43. The van der Waals surface area contributed by atoms with Gasteiger partial charge in [0.05, 0.1) is 5.69 Å². The molecule has 6 nitrogen and oxygen atoms in total. The summed E-state index contributed by atoms with van der Waals surface area (Å²) in [4.78, 5) is 20.8. The molecule has 0 aliphatic carbocycles. The van der Waals surface area contributed by atoms with Gasteiger partial charge >= 0.3 is 0 Å². The summed E-state index contributed by atoms with van der Waals surface area (Å²) in [6.45, 7) is 1.91. The van der Waals surface area contributed by atoms with Crippen LogP contribution in [-0.4, -0.2) is 26.9 Å². The monoisotopic (exact) mass is 358 g/mol. The van der Waals surface area contributed by atoms with E-state index in [2.05, 4.69) is 15.3 Å². The third-order valence-corrected chi connectivity index (χ3v) is 4.15. The Morgan fingerprint density at radius 3 is 2.70 bits per heavy atom. The predicted octanol–water partition coefficient (Wildman–Crippen LogP) is 3.72. The Bertz CT molecular complexity index is 1050. The second-order valence-corrected chi connectivity index (χ2v) is 6.13. The van der Waals surface area contributed by atoms with Crippen molar-refractivity contribution in [3.05, 3.63) is 78.8 Å². The first-order valence-electron chi connectivity index (χ1n) is 8.57. The number of carbonyl (C=O) groups excluding carboxylic acids is 1. The Balaban J connectivity index is 1.40. The summed E-state index contributed by atoms with van der Waals surface area (Å²) in [5.74, 6) is 1.16. The van der Waals surface area contributed by atoms with Gasteiger partial charge in [0.15, 0.2) is 6.61 Å². The van der Waals surface area contributed by atoms with E-state index in [1.54, 1.807) is 6.20 Å². The number of hydrogen-bond donors (Lipinski definition) is 1. The molecule has 0 spiro atoms. The van der Waals surface area contributed by atoms with Crippen molar-refractivity contribution >= 4 is 17.4 Å². The first-order chi connectivity index (χ1) is 13.2. The topological polar surface area (TPSA) is 68.5 Å². The molecule has 134 valence electrons. The number of rotatable bonds is 5. The SMILES string of the molecule is Cc1ccccc1OCC(=O)Nc1ccc(-c2cn3cccnc3n2)cc1. The highest BCUT2D eigenvalue weighted by Crippen LogP contribution is 2.21. The van der Waals surface area contributed by atoms with E-state index in [9.17, 15) is 4.79 Å². The molecule has 0 saturated carbocycles. The van der Waals surface area contributed by atoms with Gasteiger partial charge in [0.1, 0.15) is 5.75 Å². The minimum absolute atomic E-state index is 0.0370. The lowest BCUT2D eigenvalue weighted by Gasteiger charge is -2.09. The van der Waals surface area contributed by atoms with Gasteiger partial charge in [0, 0.05) is 29.8 Å². The van der Waals surface area contributed by atoms with Crippen molar-refractivity contribution in [2.75, 3.05) is 11.9 Å². The van der Waals surface area contributed by atoms with E-state index < -0.39 is 0 Å². The van der Waals surface area contributed by atoms with Crippen molar-refractivity contribution in [1.82, 2.24) is 14.4 Å². The summed E-state index contributed by atoms with van der Waals surface area (Å²) in [6, 6.07) is 17.0. The van der Waals surface area contributed by atoms with Gasteiger partial charge < -0.3 is 10.1 Å². The average molecular weight is 358 g/mol. The number of nitrogens with one attached hydrogen (secondary N) is 1. The van der Waals surface area contributed by atoms with E-state index in [0.717, 1.165) is 16.8 Å². The van der Waals surface area contributed by atoms with Crippen molar-refractivity contribution in [2.45, 2.75) is 6.92 Å². The first-order valence-corrected chi connectivity index (χ1v) is 8.57. The van der Waals surface area contributed by atoms with E-state index in [1.165, 1.54) is 0 Å². The van der Waals surface area contributed by atoms with Gasteiger partial charge in [-0.3, -0.25) is 9.20 Å². The number of amides is 1. The van der Waals surface area contributed by atoms with Crippen molar-refractivity contribution in [2.24, 2.45) is 0 Å².